The third-order valence-electron chi connectivity index (χ3n) is 10.6. The van der Waals surface area contributed by atoms with Crippen LogP contribution in [0.4, 0.5) is 15.4 Å². The lowest BCUT2D eigenvalue weighted by Gasteiger charge is -2.43. The molecule has 2 aromatic heterocycles. The van der Waals surface area contributed by atoms with Gasteiger partial charge < -0.3 is 24.8 Å². The Balaban J connectivity index is 1.06. The topological polar surface area (TPSA) is 139 Å². The zero-order chi connectivity index (χ0) is 32.5. The van der Waals surface area contributed by atoms with E-state index in [-0.39, 0.29) is 11.9 Å². The van der Waals surface area contributed by atoms with Gasteiger partial charge in [0.05, 0.1) is 11.7 Å². The van der Waals surface area contributed by atoms with Crippen LogP contribution in [0.25, 0.3) is 10.9 Å². The van der Waals surface area contributed by atoms with E-state index in [9.17, 15) is 14.4 Å². The monoisotopic (exact) mass is 643 g/mol. The normalized spacial score (nSPS) is 23.6. The number of aromatic amines is 1. The van der Waals surface area contributed by atoms with Crippen molar-refractivity contribution in [3.63, 3.8) is 0 Å². The Hall–Kier alpha value is -4.23. The fourth-order valence-electron chi connectivity index (χ4n) is 7.90. The molecule has 3 N–H and O–H groups in total. The molecule has 4 aliphatic rings. The Labute approximate surface area is 275 Å². The Kier molecular flexibility index (Phi) is 8.75. The molecule has 3 saturated heterocycles. The van der Waals surface area contributed by atoms with Crippen LogP contribution in [0.15, 0.2) is 36.7 Å². The molecule has 2 atom stereocenters. The molecule has 0 radical (unpaired) electrons. The van der Waals surface area contributed by atoms with Crippen molar-refractivity contribution in [3.05, 3.63) is 53.3 Å². The van der Waals surface area contributed by atoms with E-state index >= 15 is 0 Å². The SMILES string of the molecule is Cc1cc(CC(NC(=O)N2CCC[C@@]3(CC2)OC(=O)Nc2ncccc23)C(=O)N2CCN(C3CCN(C)CC3)CC2)cc2cn[nH]c12. The third kappa shape index (κ3) is 6.51. The molecule has 4 amide bonds. The molecule has 3 fully saturated rings. The highest BCUT2D eigenvalue weighted by Gasteiger charge is 2.44. The van der Waals surface area contributed by atoms with Crippen LogP contribution < -0.4 is 10.6 Å². The molecule has 0 aliphatic carbocycles. The summed E-state index contributed by atoms with van der Waals surface area (Å²) in [5, 5.41) is 14.1. The van der Waals surface area contributed by atoms with Crippen molar-refractivity contribution in [2.75, 3.05) is 64.7 Å². The molecule has 13 nitrogen and oxygen atoms in total. The van der Waals surface area contributed by atoms with Crippen molar-refractivity contribution in [1.29, 1.82) is 0 Å². The molecule has 1 aromatic carbocycles. The molecule has 1 unspecified atom stereocenters. The first kappa shape index (κ1) is 31.4. The lowest BCUT2D eigenvalue weighted by atomic mass is 9.86. The highest BCUT2D eigenvalue weighted by molar-refractivity contribution is 5.89. The minimum Gasteiger partial charge on any atom is -0.438 e. The maximum absolute atomic E-state index is 14.2. The fourth-order valence-corrected chi connectivity index (χ4v) is 7.90. The number of anilines is 1. The number of amides is 4. The van der Waals surface area contributed by atoms with Gasteiger partial charge in [-0.25, -0.2) is 14.6 Å². The fraction of sp³-hybridized carbons (Fsp3) is 0.559. The van der Waals surface area contributed by atoms with E-state index in [1.165, 1.54) is 0 Å². The number of benzene rings is 1. The lowest BCUT2D eigenvalue weighted by molar-refractivity contribution is -0.135. The molecule has 47 heavy (non-hydrogen) atoms. The number of hydrogen-bond donors (Lipinski definition) is 3. The van der Waals surface area contributed by atoms with Gasteiger partial charge in [-0.2, -0.15) is 5.10 Å². The predicted octanol–water partition coefficient (Wildman–Crippen LogP) is 3.07. The highest BCUT2D eigenvalue weighted by Crippen LogP contribution is 2.42. The largest absolute Gasteiger partial charge is 0.438 e. The van der Waals surface area contributed by atoms with Gasteiger partial charge in [-0.3, -0.25) is 20.1 Å². The van der Waals surface area contributed by atoms with Crippen molar-refractivity contribution in [2.45, 2.75) is 63.1 Å². The van der Waals surface area contributed by atoms with E-state index in [4.69, 9.17) is 4.74 Å². The van der Waals surface area contributed by atoms with E-state index in [1.807, 2.05) is 30.0 Å². The summed E-state index contributed by atoms with van der Waals surface area (Å²) in [7, 11) is 2.18. The second-order valence-electron chi connectivity index (χ2n) is 13.6. The van der Waals surface area contributed by atoms with Crippen LogP contribution in [-0.2, 0) is 21.6 Å². The summed E-state index contributed by atoms with van der Waals surface area (Å²) in [6.07, 6.45) is 7.27. The summed E-state index contributed by atoms with van der Waals surface area (Å²) in [5.41, 5.74) is 2.98. The van der Waals surface area contributed by atoms with Gasteiger partial charge in [-0.05, 0) is 82.1 Å². The second-order valence-corrected chi connectivity index (χ2v) is 13.6. The number of fused-ring (bicyclic) bond motifs is 3. The maximum atomic E-state index is 14.2. The second kappa shape index (κ2) is 13.1. The van der Waals surface area contributed by atoms with Gasteiger partial charge >= 0.3 is 12.1 Å². The standard InChI is InChI=1S/C34H45N9O4/c1-23-19-24(20-25-22-36-39-29(23)25)21-28(31(44)42-17-15-41(16-18-42)26-6-12-40(2)13-7-26)37-32(45)43-11-4-8-34(9-14-43)27-5-3-10-35-30(27)38-33(46)47-34/h3,5,10,19-20,22,26,28H,4,6-9,11-18,21H2,1-2H3,(H,36,39)(H,37,45)(H,35,38,46)/t28?,34-/m0/s1. The van der Waals surface area contributed by atoms with Crippen LogP contribution in [0.2, 0.25) is 0 Å². The van der Waals surface area contributed by atoms with E-state index < -0.39 is 17.7 Å². The van der Waals surface area contributed by atoms with Crippen molar-refractivity contribution in [1.82, 2.24) is 40.1 Å². The highest BCUT2D eigenvalue weighted by atomic mass is 16.6. The van der Waals surface area contributed by atoms with Gasteiger partial charge in [0.25, 0.3) is 0 Å². The zero-order valence-electron chi connectivity index (χ0n) is 27.3. The van der Waals surface area contributed by atoms with Crippen LogP contribution >= 0.6 is 0 Å². The van der Waals surface area contributed by atoms with E-state index in [0.717, 1.165) is 66.6 Å². The number of pyridine rings is 1. The average Bonchev–Trinajstić information content (AvgIpc) is 3.46. The Morgan fingerprint density at radius 2 is 1.87 bits per heavy atom. The molecule has 6 heterocycles. The summed E-state index contributed by atoms with van der Waals surface area (Å²) in [6, 6.07) is 7.44. The maximum Gasteiger partial charge on any atom is 0.413 e. The van der Waals surface area contributed by atoms with Gasteiger partial charge in [0.1, 0.15) is 17.5 Å². The summed E-state index contributed by atoms with van der Waals surface area (Å²) in [6.45, 7) is 8.10. The van der Waals surface area contributed by atoms with E-state index in [1.54, 1.807) is 17.3 Å². The summed E-state index contributed by atoms with van der Waals surface area (Å²) in [5.74, 6) is 0.456. The number of urea groups is 1. The van der Waals surface area contributed by atoms with Crippen LogP contribution in [0.1, 0.15) is 48.8 Å². The van der Waals surface area contributed by atoms with Gasteiger partial charge in [0, 0.05) is 75.3 Å². The van der Waals surface area contributed by atoms with Crippen molar-refractivity contribution in [2.24, 2.45) is 0 Å². The Bertz CT molecular complexity index is 1630. The number of aryl methyl sites for hydroxylation is 1. The first-order valence-corrected chi connectivity index (χ1v) is 16.9. The quantitative estimate of drug-likeness (QED) is 0.386. The molecule has 4 aliphatic heterocycles. The van der Waals surface area contributed by atoms with Crippen LogP contribution in [0, 0.1) is 6.92 Å². The number of piperidine rings is 1. The third-order valence-corrected chi connectivity index (χ3v) is 10.6. The van der Waals surface area contributed by atoms with Gasteiger partial charge in [0.15, 0.2) is 0 Å². The molecule has 0 bridgehead atoms. The number of ether oxygens (including phenoxy) is 1. The molecular formula is C34H45N9O4. The summed E-state index contributed by atoms with van der Waals surface area (Å²) in [4.78, 5) is 53.5. The van der Waals surface area contributed by atoms with Gasteiger partial charge in [-0.15, -0.1) is 0 Å². The first-order valence-electron chi connectivity index (χ1n) is 16.9. The van der Waals surface area contributed by atoms with E-state index in [2.05, 4.69) is 48.7 Å². The van der Waals surface area contributed by atoms with Crippen molar-refractivity contribution >= 4 is 34.8 Å². The van der Waals surface area contributed by atoms with Gasteiger partial charge in [-0.1, -0.05) is 6.07 Å². The van der Waals surface area contributed by atoms with E-state index in [0.29, 0.717) is 63.7 Å². The molecule has 0 saturated carbocycles. The molecule has 13 heteroatoms. The smallest absolute Gasteiger partial charge is 0.413 e. The summed E-state index contributed by atoms with van der Waals surface area (Å²) >= 11 is 0. The van der Waals surface area contributed by atoms with Crippen LogP contribution in [0.5, 0.6) is 0 Å². The number of rotatable bonds is 5. The predicted molar refractivity (Wildman–Crippen MR) is 177 cm³/mol. The number of nitrogens with zero attached hydrogens (tertiary/aromatic N) is 6. The lowest BCUT2D eigenvalue weighted by Crippen LogP contribution is -2.59. The first-order chi connectivity index (χ1) is 22.8. The van der Waals surface area contributed by atoms with Crippen molar-refractivity contribution < 1.29 is 19.1 Å². The minimum absolute atomic E-state index is 0.0510. The number of hydrogen-bond acceptors (Lipinski definition) is 8. The summed E-state index contributed by atoms with van der Waals surface area (Å²) < 4.78 is 5.90. The Morgan fingerprint density at radius 1 is 1.06 bits per heavy atom. The number of carbonyl (C=O) groups excluding carboxylic acids is 3. The number of carbonyl (C=O) groups is 3. The number of H-pyrrole nitrogens is 1. The molecule has 3 aromatic rings. The molecule has 1 spiro atoms. The average molecular weight is 644 g/mol. The Morgan fingerprint density at radius 3 is 2.68 bits per heavy atom. The molecule has 7 rings (SSSR count). The zero-order valence-corrected chi connectivity index (χ0v) is 27.3. The van der Waals surface area contributed by atoms with Gasteiger partial charge in [0.2, 0.25) is 5.91 Å². The minimum atomic E-state index is -0.846. The molecular weight excluding hydrogens is 598 g/mol. The van der Waals surface area contributed by atoms with Crippen molar-refractivity contribution in [3.8, 4) is 0 Å². The van der Waals surface area contributed by atoms with Crippen LogP contribution in [-0.4, -0.2) is 124 Å². The number of likely N-dealkylation sites (tertiary alicyclic amines) is 2. The number of aromatic nitrogens is 3. The number of nitrogens with one attached hydrogen (secondary N) is 3. The molecule has 250 valence electrons. The number of piperazine rings is 1. The van der Waals surface area contributed by atoms with Crippen LogP contribution in [0.3, 0.4) is 0 Å².